The molecule has 2 rings (SSSR count). The number of hydrazone groups is 2. The molecule has 0 saturated carbocycles. The molecular formula is C16H18N4O4S2. The van der Waals surface area contributed by atoms with E-state index in [0.29, 0.717) is 0 Å². The van der Waals surface area contributed by atoms with Crippen LogP contribution in [0.1, 0.15) is 13.8 Å². The molecule has 0 aliphatic rings. The van der Waals surface area contributed by atoms with Crippen molar-refractivity contribution >= 4 is 31.5 Å². The molecule has 2 aromatic rings. The summed E-state index contributed by atoms with van der Waals surface area (Å²) in [5, 5.41) is 7.52. The highest BCUT2D eigenvalue weighted by molar-refractivity contribution is 7.89. The molecule has 0 saturated heterocycles. The molecule has 10 heteroatoms. The van der Waals surface area contributed by atoms with Gasteiger partial charge in [0.1, 0.15) is 0 Å². The van der Waals surface area contributed by atoms with Gasteiger partial charge in [-0.2, -0.15) is 36.7 Å². The average Bonchev–Trinajstić information content (AvgIpc) is 2.65. The standard InChI is InChI=1S/C16H18N4O4S2/c1-13(17-19-25(21,22)15-9-5-3-6-10-15)14(2)18-20-26(23,24)16-11-7-4-8-12-16/h3-12,19-20H,1-2H3. The van der Waals surface area contributed by atoms with Crippen molar-refractivity contribution in [3.05, 3.63) is 60.7 Å². The zero-order chi connectivity index (χ0) is 19.2. The maximum atomic E-state index is 12.1. The SMILES string of the molecule is CC(=NNS(=O)(=O)c1ccccc1)C(C)=NNS(=O)(=O)c1ccccc1. The van der Waals surface area contributed by atoms with E-state index >= 15 is 0 Å². The summed E-state index contributed by atoms with van der Waals surface area (Å²) in [5.41, 5.74) is 0.417. The van der Waals surface area contributed by atoms with Gasteiger partial charge in [-0.05, 0) is 38.1 Å². The minimum atomic E-state index is -3.81. The lowest BCUT2D eigenvalue weighted by Crippen LogP contribution is -2.24. The Hall–Kier alpha value is -2.72. The summed E-state index contributed by atoms with van der Waals surface area (Å²) in [6, 6.07) is 15.5. The second kappa shape index (κ2) is 8.11. The predicted octanol–water partition coefficient (Wildman–Crippen LogP) is 1.70. The van der Waals surface area contributed by atoms with Crippen molar-refractivity contribution in [3.63, 3.8) is 0 Å². The number of nitrogens with zero attached hydrogens (tertiary/aromatic N) is 2. The summed E-state index contributed by atoms with van der Waals surface area (Å²) in [5.74, 6) is 0. The van der Waals surface area contributed by atoms with E-state index < -0.39 is 20.0 Å². The molecule has 0 aromatic heterocycles. The van der Waals surface area contributed by atoms with Gasteiger partial charge in [0.15, 0.2) is 0 Å². The van der Waals surface area contributed by atoms with Gasteiger partial charge in [-0.15, -0.1) is 0 Å². The highest BCUT2D eigenvalue weighted by Gasteiger charge is 2.14. The topological polar surface area (TPSA) is 117 Å². The maximum Gasteiger partial charge on any atom is 0.276 e. The van der Waals surface area contributed by atoms with Crippen LogP contribution in [0.4, 0.5) is 0 Å². The van der Waals surface area contributed by atoms with Crippen LogP contribution in [0.2, 0.25) is 0 Å². The van der Waals surface area contributed by atoms with E-state index in [9.17, 15) is 16.8 Å². The highest BCUT2D eigenvalue weighted by Crippen LogP contribution is 2.08. The number of rotatable bonds is 7. The van der Waals surface area contributed by atoms with E-state index in [-0.39, 0.29) is 21.2 Å². The van der Waals surface area contributed by atoms with Crippen molar-refractivity contribution < 1.29 is 16.8 Å². The minimum absolute atomic E-state index is 0.0657. The second-order valence-electron chi connectivity index (χ2n) is 5.21. The first-order chi connectivity index (χ1) is 12.2. The lowest BCUT2D eigenvalue weighted by Gasteiger charge is -2.06. The lowest BCUT2D eigenvalue weighted by atomic mass is 10.3. The summed E-state index contributed by atoms with van der Waals surface area (Å²) in [4.78, 5) is 4.31. The first-order valence-corrected chi connectivity index (χ1v) is 10.4. The number of hydrogen-bond acceptors (Lipinski definition) is 6. The van der Waals surface area contributed by atoms with Crippen LogP contribution < -0.4 is 9.66 Å². The zero-order valence-electron chi connectivity index (χ0n) is 14.1. The van der Waals surface area contributed by atoms with Gasteiger partial charge in [-0.25, -0.2) is 0 Å². The molecule has 0 radical (unpaired) electrons. The van der Waals surface area contributed by atoms with Gasteiger partial charge in [0.2, 0.25) is 0 Å². The third-order valence-electron chi connectivity index (χ3n) is 3.30. The monoisotopic (exact) mass is 394 g/mol. The van der Waals surface area contributed by atoms with Crippen molar-refractivity contribution in [2.75, 3.05) is 0 Å². The largest absolute Gasteiger partial charge is 0.276 e. The van der Waals surface area contributed by atoms with E-state index in [1.54, 1.807) is 36.4 Å². The van der Waals surface area contributed by atoms with Crippen LogP contribution in [-0.4, -0.2) is 28.3 Å². The van der Waals surface area contributed by atoms with Crippen molar-refractivity contribution in [2.45, 2.75) is 23.6 Å². The Balaban J connectivity index is 2.10. The Morgan fingerprint density at radius 3 is 1.27 bits per heavy atom. The average molecular weight is 394 g/mol. The predicted molar refractivity (Wildman–Crippen MR) is 99.7 cm³/mol. The third kappa shape index (κ3) is 5.14. The molecule has 0 aliphatic carbocycles. The maximum absolute atomic E-state index is 12.1. The molecule has 2 N–H and O–H groups in total. The van der Waals surface area contributed by atoms with Crippen LogP contribution in [0.25, 0.3) is 0 Å². The molecule has 26 heavy (non-hydrogen) atoms. The summed E-state index contributed by atoms with van der Waals surface area (Å²) < 4.78 is 48.4. The Bertz CT molecular complexity index is 931. The van der Waals surface area contributed by atoms with E-state index in [1.165, 1.54) is 38.1 Å². The first kappa shape index (κ1) is 19.6. The molecule has 138 valence electrons. The summed E-state index contributed by atoms with van der Waals surface area (Å²) in [6.07, 6.45) is 0. The van der Waals surface area contributed by atoms with E-state index in [2.05, 4.69) is 19.9 Å². The lowest BCUT2D eigenvalue weighted by molar-refractivity contribution is 0.582. The van der Waals surface area contributed by atoms with Gasteiger partial charge in [-0.3, -0.25) is 0 Å². The van der Waals surface area contributed by atoms with Gasteiger partial charge in [-0.1, -0.05) is 36.4 Å². The van der Waals surface area contributed by atoms with Gasteiger partial charge in [0.25, 0.3) is 20.0 Å². The Kier molecular flexibility index (Phi) is 6.11. The molecule has 0 spiro atoms. The molecule has 0 atom stereocenters. The Morgan fingerprint density at radius 1 is 0.654 bits per heavy atom. The smallest absolute Gasteiger partial charge is 0.200 e. The number of benzene rings is 2. The van der Waals surface area contributed by atoms with Gasteiger partial charge in [0, 0.05) is 0 Å². The quantitative estimate of drug-likeness (QED) is 0.549. The van der Waals surface area contributed by atoms with Crippen molar-refractivity contribution in [1.82, 2.24) is 9.66 Å². The van der Waals surface area contributed by atoms with Crippen LogP contribution in [0.3, 0.4) is 0 Å². The molecule has 0 aliphatic heterocycles. The molecule has 8 nitrogen and oxygen atoms in total. The van der Waals surface area contributed by atoms with E-state index in [1.807, 2.05) is 0 Å². The molecule has 0 unspecified atom stereocenters. The number of hydrogen-bond donors (Lipinski definition) is 2. The minimum Gasteiger partial charge on any atom is -0.200 e. The Labute approximate surface area is 152 Å². The molecule has 2 aromatic carbocycles. The normalized spacial score (nSPS) is 13.3. The van der Waals surface area contributed by atoms with Crippen LogP contribution in [0.15, 0.2) is 80.7 Å². The molecule has 0 fully saturated rings. The fraction of sp³-hybridized carbons (Fsp3) is 0.125. The number of nitrogens with one attached hydrogen (secondary N) is 2. The van der Waals surface area contributed by atoms with Crippen molar-refractivity contribution in [3.8, 4) is 0 Å². The number of sulfonamides is 2. The Morgan fingerprint density at radius 2 is 0.962 bits per heavy atom. The zero-order valence-corrected chi connectivity index (χ0v) is 15.8. The van der Waals surface area contributed by atoms with Crippen molar-refractivity contribution in [2.24, 2.45) is 10.2 Å². The fourth-order valence-electron chi connectivity index (χ4n) is 1.72. The summed E-state index contributed by atoms with van der Waals surface area (Å²) in [7, 11) is -7.61. The first-order valence-electron chi connectivity index (χ1n) is 7.45. The molecule has 0 bridgehead atoms. The van der Waals surface area contributed by atoms with Gasteiger partial charge >= 0.3 is 0 Å². The fourth-order valence-corrected chi connectivity index (χ4v) is 3.48. The molecular weight excluding hydrogens is 376 g/mol. The van der Waals surface area contributed by atoms with Crippen LogP contribution in [-0.2, 0) is 20.0 Å². The van der Waals surface area contributed by atoms with E-state index in [4.69, 9.17) is 0 Å². The van der Waals surface area contributed by atoms with Gasteiger partial charge < -0.3 is 0 Å². The van der Waals surface area contributed by atoms with Crippen LogP contribution in [0, 0.1) is 0 Å². The highest BCUT2D eigenvalue weighted by atomic mass is 32.2. The van der Waals surface area contributed by atoms with Crippen LogP contribution in [0.5, 0.6) is 0 Å². The van der Waals surface area contributed by atoms with Crippen LogP contribution >= 0.6 is 0 Å². The second-order valence-corrected chi connectivity index (χ2v) is 8.53. The van der Waals surface area contributed by atoms with Crippen molar-refractivity contribution in [1.29, 1.82) is 0 Å². The summed E-state index contributed by atoms with van der Waals surface area (Å²) in [6.45, 7) is 3.01. The molecule has 0 heterocycles. The third-order valence-corrected chi connectivity index (χ3v) is 5.75. The summed E-state index contributed by atoms with van der Waals surface area (Å²) >= 11 is 0. The molecule has 0 amide bonds. The van der Waals surface area contributed by atoms with Gasteiger partial charge in [0.05, 0.1) is 21.2 Å². The van der Waals surface area contributed by atoms with E-state index in [0.717, 1.165) is 0 Å².